The summed E-state index contributed by atoms with van der Waals surface area (Å²) in [6.07, 6.45) is 8.37. The van der Waals surface area contributed by atoms with Crippen LogP contribution < -0.4 is 5.32 Å². The van der Waals surface area contributed by atoms with Crippen LogP contribution in [-0.4, -0.2) is 37.6 Å². The van der Waals surface area contributed by atoms with Gasteiger partial charge in [-0.2, -0.15) is 0 Å². The second-order valence-corrected chi connectivity index (χ2v) is 5.61. The van der Waals surface area contributed by atoms with Crippen molar-refractivity contribution >= 4 is 0 Å². The number of likely N-dealkylation sites (tertiary alicyclic amines) is 1. The molecule has 1 aliphatic rings. The van der Waals surface area contributed by atoms with Gasteiger partial charge in [0.15, 0.2) is 0 Å². The van der Waals surface area contributed by atoms with Gasteiger partial charge in [-0.25, -0.2) is 0 Å². The van der Waals surface area contributed by atoms with Gasteiger partial charge >= 0.3 is 0 Å². The third-order valence-corrected chi connectivity index (χ3v) is 3.70. The van der Waals surface area contributed by atoms with Gasteiger partial charge in [-0.1, -0.05) is 20.3 Å². The molecule has 2 heteroatoms. The SMILES string of the molecule is CNCCC1CCCCN1CCCC(C)C. The van der Waals surface area contributed by atoms with Crippen molar-refractivity contribution in [2.24, 2.45) is 5.92 Å². The highest BCUT2D eigenvalue weighted by atomic mass is 15.2. The lowest BCUT2D eigenvalue weighted by Gasteiger charge is -2.36. The Morgan fingerprint density at radius 3 is 2.81 bits per heavy atom. The molecule has 16 heavy (non-hydrogen) atoms. The van der Waals surface area contributed by atoms with Gasteiger partial charge in [0.2, 0.25) is 0 Å². The smallest absolute Gasteiger partial charge is 0.0107 e. The second-order valence-electron chi connectivity index (χ2n) is 5.61. The molecule has 1 atom stereocenters. The first-order valence-electron chi connectivity index (χ1n) is 7.12. The fourth-order valence-corrected chi connectivity index (χ4v) is 2.69. The Hall–Kier alpha value is -0.0800. The molecule has 1 fully saturated rings. The van der Waals surface area contributed by atoms with Gasteiger partial charge in [-0.3, -0.25) is 0 Å². The Morgan fingerprint density at radius 1 is 1.31 bits per heavy atom. The molecule has 96 valence electrons. The molecule has 1 aliphatic heterocycles. The first-order chi connectivity index (χ1) is 7.74. The Bertz CT molecular complexity index is 168. The summed E-state index contributed by atoms with van der Waals surface area (Å²) in [6.45, 7) is 8.49. The van der Waals surface area contributed by atoms with E-state index in [0.717, 1.165) is 12.0 Å². The van der Waals surface area contributed by atoms with Gasteiger partial charge < -0.3 is 10.2 Å². The highest BCUT2D eigenvalue weighted by molar-refractivity contribution is 4.77. The summed E-state index contributed by atoms with van der Waals surface area (Å²) in [6, 6.07) is 0.855. The molecule has 0 aromatic rings. The topological polar surface area (TPSA) is 15.3 Å². The molecule has 1 unspecified atom stereocenters. The lowest BCUT2D eigenvalue weighted by atomic mass is 9.98. The van der Waals surface area contributed by atoms with E-state index >= 15 is 0 Å². The minimum Gasteiger partial charge on any atom is -0.320 e. The summed E-state index contributed by atoms with van der Waals surface area (Å²) < 4.78 is 0. The molecule has 2 nitrogen and oxygen atoms in total. The first-order valence-corrected chi connectivity index (χ1v) is 7.12. The predicted molar refractivity (Wildman–Crippen MR) is 71.8 cm³/mol. The van der Waals surface area contributed by atoms with E-state index in [4.69, 9.17) is 0 Å². The Labute approximate surface area is 102 Å². The van der Waals surface area contributed by atoms with Crippen molar-refractivity contribution in [2.75, 3.05) is 26.7 Å². The van der Waals surface area contributed by atoms with Crippen molar-refractivity contribution in [1.29, 1.82) is 0 Å². The van der Waals surface area contributed by atoms with E-state index in [1.807, 2.05) is 0 Å². The monoisotopic (exact) mass is 226 g/mol. The zero-order valence-corrected chi connectivity index (χ0v) is 11.5. The minimum atomic E-state index is 0.855. The molecule has 1 N–H and O–H groups in total. The van der Waals surface area contributed by atoms with Crippen molar-refractivity contribution in [3.63, 3.8) is 0 Å². The Kier molecular flexibility index (Phi) is 7.06. The number of hydrogen-bond donors (Lipinski definition) is 1. The van der Waals surface area contributed by atoms with E-state index in [0.29, 0.717) is 0 Å². The van der Waals surface area contributed by atoms with E-state index in [2.05, 4.69) is 31.1 Å². The van der Waals surface area contributed by atoms with Crippen molar-refractivity contribution in [1.82, 2.24) is 10.2 Å². The number of rotatable bonds is 7. The fraction of sp³-hybridized carbons (Fsp3) is 1.00. The van der Waals surface area contributed by atoms with Crippen LogP contribution >= 0.6 is 0 Å². The van der Waals surface area contributed by atoms with Gasteiger partial charge in [-0.15, -0.1) is 0 Å². The summed E-state index contributed by atoms with van der Waals surface area (Å²) >= 11 is 0. The van der Waals surface area contributed by atoms with Crippen LogP contribution in [0.4, 0.5) is 0 Å². The molecule has 0 bridgehead atoms. The molecule has 1 saturated heterocycles. The Balaban J connectivity index is 2.23. The zero-order valence-electron chi connectivity index (χ0n) is 11.5. The largest absolute Gasteiger partial charge is 0.320 e. The van der Waals surface area contributed by atoms with Gasteiger partial charge in [0.25, 0.3) is 0 Å². The lowest BCUT2D eigenvalue weighted by molar-refractivity contribution is 0.136. The zero-order chi connectivity index (χ0) is 11.8. The van der Waals surface area contributed by atoms with Crippen LogP contribution in [0.25, 0.3) is 0 Å². The van der Waals surface area contributed by atoms with Crippen molar-refractivity contribution in [2.45, 2.75) is 58.4 Å². The predicted octanol–water partition coefficient (Wildman–Crippen LogP) is 2.89. The summed E-state index contributed by atoms with van der Waals surface area (Å²) in [4.78, 5) is 2.74. The standard InChI is InChI=1S/C14H30N2/c1-13(2)7-6-12-16-11-5-4-8-14(16)9-10-15-3/h13-15H,4-12H2,1-3H3. The molecule has 0 aromatic heterocycles. The van der Waals surface area contributed by atoms with E-state index in [-0.39, 0.29) is 0 Å². The third kappa shape index (κ3) is 5.31. The van der Waals surface area contributed by atoms with Gasteiger partial charge in [0.05, 0.1) is 0 Å². The van der Waals surface area contributed by atoms with Crippen LogP contribution in [0.15, 0.2) is 0 Å². The number of piperidine rings is 1. The van der Waals surface area contributed by atoms with Crippen LogP contribution in [0.1, 0.15) is 52.4 Å². The molecular formula is C14H30N2. The summed E-state index contributed by atoms with van der Waals surface area (Å²) in [5, 5.41) is 3.28. The summed E-state index contributed by atoms with van der Waals surface area (Å²) in [5.41, 5.74) is 0. The lowest BCUT2D eigenvalue weighted by Crippen LogP contribution is -2.41. The maximum atomic E-state index is 3.28. The molecular weight excluding hydrogens is 196 g/mol. The first kappa shape index (κ1) is 14.0. The summed E-state index contributed by atoms with van der Waals surface area (Å²) in [7, 11) is 2.06. The number of hydrogen-bond acceptors (Lipinski definition) is 2. The van der Waals surface area contributed by atoms with Gasteiger partial charge in [0, 0.05) is 6.04 Å². The average Bonchev–Trinajstić information content (AvgIpc) is 2.27. The summed E-state index contributed by atoms with van der Waals surface area (Å²) in [5.74, 6) is 0.862. The fourth-order valence-electron chi connectivity index (χ4n) is 2.69. The minimum absolute atomic E-state index is 0.855. The van der Waals surface area contributed by atoms with E-state index in [1.165, 1.54) is 58.2 Å². The normalized spacial score (nSPS) is 22.9. The van der Waals surface area contributed by atoms with Crippen LogP contribution in [0.5, 0.6) is 0 Å². The van der Waals surface area contributed by atoms with Gasteiger partial charge in [0.1, 0.15) is 0 Å². The van der Waals surface area contributed by atoms with Crippen molar-refractivity contribution in [3.05, 3.63) is 0 Å². The van der Waals surface area contributed by atoms with Gasteiger partial charge in [-0.05, 0) is 64.7 Å². The third-order valence-electron chi connectivity index (χ3n) is 3.70. The molecule has 0 saturated carbocycles. The van der Waals surface area contributed by atoms with E-state index < -0.39 is 0 Å². The molecule has 1 rings (SSSR count). The number of nitrogens with one attached hydrogen (secondary N) is 1. The average molecular weight is 226 g/mol. The Morgan fingerprint density at radius 2 is 2.12 bits per heavy atom. The molecule has 0 amide bonds. The van der Waals surface area contributed by atoms with Crippen molar-refractivity contribution < 1.29 is 0 Å². The van der Waals surface area contributed by atoms with Crippen LogP contribution in [0.2, 0.25) is 0 Å². The second kappa shape index (κ2) is 8.08. The van der Waals surface area contributed by atoms with Crippen LogP contribution in [0, 0.1) is 5.92 Å². The highest BCUT2D eigenvalue weighted by Gasteiger charge is 2.20. The molecule has 0 radical (unpaired) electrons. The van der Waals surface area contributed by atoms with E-state index in [9.17, 15) is 0 Å². The van der Waals surface area contributed by atoms with Crippen LogP contribution in [0.3, 0.4) is 0 Å². The molecule has 0 aromatic carbocycles. The highest BCUT2D eigenvalue weighted by Crippen LogP contribution is 2.20. The van der Waals surface area contributed by atoms with E-state index in [1.54, 1.807) is 0 Å². The maximum absolute atomic E-state index is 3.28. The molecule has 0 spiro atoms. The molecule has 1 heterocycles. The quantitative estimate of drug-likeness (QED) is 0.718. The van der Waals surface area contributed by atoms with Crippen molar-refractivity contribution in [3.8, 4) is 0 Å². The molecule has 0 aliphatic carbocycles. The maximum Gasteiger partial charge on any atom is 0.0107 e. The van der Waals surface area contributed by atoms with Crippen LogP contribution in [-0.2, 0) is 0 Å². The number of nitrogens with zero attached hydrogens (tertiary/aromatic N) is 1.